The van der Waals surface area contributed by atoms with Gasteiger partial charge in [-0.25, -0.2) is 0 Å². The largest absolute Gasteiger partial charge is 0.611 e. The third-order valence-corrected chi connectivity index (χ3v) is 10.8. The number of ether oxygens (including phenoxy) is 1. The number of benzene rings is 2. The first-order valence-electron chi connectivity index (χ1n) is 14.4. The van der Waals surface area contributed by atoms with Crippen LogP contribution < -0.4 is 10.6 Å². The number of rotatable bonds is 8. The van der Waals surface area contributed by atoms with E-state index in [2.05, 4.69) is 15.5 Å². The molecule has 8 nitrogen and oxygen atoms in total. The number of hydrogen-bond acceptors (Lipinski definition) is 7. The number of fused-ring (bicyclic) bond motifs is 2. The molecule has 2 aliphatic heterocycles. The van der Waals surface area contributed by atoms with E-state index in [1.54, 1.807) is 11.3 Å². The van der Waals surface area contributed by atoms with Crippen molar-refractivity contribution in [2.75, 3.05) is 25.4 Å². The predicted octanol–water partition coefficient (Wildman–Crippen LogP) is 4.64. The van der Waals surface area contributed by atoms with Crippen molar-refractivity contribution in [3.8, 4) is 0 Å². The fourth-order valence-electron chi connectivity index (χ4n) is 5.69. The molecule has 2 amide bonds. The Morgan fingerprint density at radius 1 is 1.14 bits per heavy atom. The molecular weight excluding hydrogens is 569 g/mol. The van der Waals surface area contributed by atoms with E-state index in [9.17, 15) is 14.1 Å². The third kappa shape index (κ3) is 6.79. The Kier molecular flexibility index (Phi) is 9.49. The van der Waals surface area contributed by atoms with Crippen LogP contribution in [0.3, 0.4) is 0 Å². The third-order valence-electron chi connectivity index (χ3n) is 8.09. The lowest BCUT2D eigenvalue weighted by Crippen LogP contribution is -2.45. The maximum atomic E-state index is 13.1. The molecule has 42 heavy (non-hydrogen) atoms. The number of aryl methyl sites for hydroxylation is 1. The first-order valence-corrected chi connectivity index (χ1v) is 16.5. The Morgan fingerprint density at radius 2 is 1.88 bits per heavy atom. The molecule has 10 heteroatoms. The number of nitrogens with one attached hydrogen (secondary N) is 3. The van der Waals surface area contributed by atoms with Gasteiger partial charge in [0.15, 0.2) is 4.90 Å². The lowest BCUT2D eigenvalue weighted by molar-refractivity contribution is -0.117. The van der Waals surface area contributed by atoms with Crippen molar-refractivity contribution in [3.63, 3.8) is 0 Å². The monoisotopic (exact) mass is 606 g/mol. The molecule has 5 rings (SSSR count). The molecule has 3 aromatic rings. The minimum atomic E-state index is -0.980. The number of carbonyl (C=O) groups is 2. The highest BCUT2D eigenvalue weighted by Crippen LogP contribution is 2.45. The van der Waals surface area contributed by atoms with Gasteiger partial charge in [-0.15, -0.1) is 11.3 Å². The highest BCUT2D eigenvalue weighted by Gasteiger charge is 2.42. The lowest BCUT2D eigenvalue weighted by Gasteiger charge is -2.43. The van der Waals surface area contributed by atoms with Crippen molar-refractivity contribution in [2.45, 2.75) is 63.6 Å². The van der Waals surface area contributed by atoms with E-state index in [1.165, 1.54) is 22.9 Å². The van der Waals surface area contributed by atoms with Crippen LogP contribution in [-0.2, 0) is 45.8 Å². The maximum absolute atomic E-state index is 13.1. The molecule has 1 spiro atoms. The number of hydrogen-bond donors (Lipinski definition) is 3. The number of piperidine rings is 1. The van der Waals surface area contributed by atoms with Crippen molar-refractivity contribution in [1.29, 1.82) is 5.41 Å². The summed E-state index contributed by atoms with van der Waals surface area (Å²) < 4.78 is 18.4. The van der Waals surface area contributed by atoms with Crippen LogP contribution in [0.1, 0.15) is 69.1 Å². The Labute approximate surface area is 254 Å². The van der Waals surface area contributed by atoms with Gasteiger partial charge in [-0.05, 0) is 90.8 Å². The molecule has 1 unspecified atom stereocenters. The quantitative estimate of drug-likeness (QED) is 0.196. The van der Waals surface area contributed by atoms with Crippen molar-refractivity contribution in [1.82, 2.24) is 15.5 Å². The molecule has 1 atom stereocenters. The van der Waals surface area contributed by atoms with Crippen molar-refractivity contribution in [3.05, 3.63) is 86.1 Å². The Bertz CT molecular complexity index is 1460. The number of likely N-dealkylation sites (tertiary alicyclic amines) is 1. The van der Waals surface area contributed by atoms with Crippen LogP contribution in [0, 0.1) is 12.3 Å². The first kappa shape index (κ1) is 30.4. The molecule has 1 aromatic heterocycles. The van der Waals surface area contributed by atoms with Gasteiger partial charge in [0.2, 0.25) is 5.91 Å². The van der Waals surface area contributed by atoms with Gasteiger partial charge in [-0.3, -0.25) is 19.9 Å². The summed E-state index contributed by atoms with van der Waals surface area (Å²) in [5.74, 6) is 0.384. The van der Waals surface area contributed by atoms with E-state index < -0.39 is 11.2 Å². The van der Waals surface area contributed by atoms with Gasteiger partial charge in [0, 0.05) is 43.5 Å². The molecule has 3 heterocycles. The van der Waals surface area contributed by atoms with Gasteiger partial charge >= 0.3 is 0 Å². The summed E-state index contributed by atoms with van der Waals surface area (Å²) in [4.78, 5) is 29.6. The molecule has 2 aromatic carbocycles. The van der Waals surface area contributed by atoms with Crippen LogP contribution in [0.15, 0.2) is 53.4 Å². The number of amides is 2. The molecule has 2 aliphatic rings. The fourth-order valence-corrected chi connectivity index (χ4v) is 7.79. The SMILES string of the molecule is CC[S+]([O-])c1ccc(CNC(=O)c2cc3c(s2)C2(CCN(Cc4ccc(C(=N)NC(C)=O)cc4C)CC2)OCC3)cc1. The molecule has 0 saturated carbocycles. The average molecular weight is 607 g/mol. The highest BCUT2D eigenvalue weighted by atomic mass is 32.2. The van der Waals surface area contributed by atoms with Gasteiger partial charge < -0.3 is 19.9 Å². The number of carbonyl (C=O) groups excluding carboxylic acids is 2. The summed E-state index contributed by atoms with van der Waals surface area (Å²) in [7, 11) is 0. The summed E-state index contributed by atoms with van der Waals surface area (Å²) in [6.07, 6.45) is 2.56. The molecular formula is C32H38N4O4S2. The Hall–Kier alpha value is -3.02. The molecule has 0 bridgehead atoms. The summed E-state index contributed by atoms with van der Waals surface area (Å²) in [5, 5.41) is 13.7. The van der Waals surface area contributed by atoms with Gasteiger partial charge in [-0.2, -0.15) is 0 Å². The first-order chi connectivity index (χ1) is 20.2. The van der Waals surface area contributed by atoms with Crippen LogP contribution in [-0.4, -0.2) is 52.6 Å². The van der Waals surface area contributed by atoms with E-state index in [0.29, 0.717) is 24.5 Å². The topological polar surface area (TPSA) is 118 Å². The number of amidine groups is 1. The van der Waals surface area contributed by atoms with Gasteiger partial charge in [0.05, 0.1) is 11.5 Å². The van der Waals surface area contributed by atoms with E-state index in [0.717, 1.165) is 59.8 Å². The minimum absolute atomic E-state index is 0.0753. The predicted molar refractivity (Wildman–Crippen MR) is 167 cm³/mol. The molecule has 1 fully saturated rings. The molecule has 1 saturated heterocycles. The number of nitrogens with zero attached hydrogens (tertiary/aromatic N) is 1. The second-order valence-electron chi connectivity index (χ2n) is 11.0. The zero-order valence-electron chi connectivity index (χ0n) is 24.4. The second kappa shape index (κ2) is 13.1. The normalized spacial score (nSPS) is 17.0. The zero-order valence-corrected chi connectivity index (χ0v) is 26.0. The van der Waals surface area contributed by atoms with Gasteiger partial charge in [0.25, 0.3) is 5.91 Å². The average Bonchev–Trinajstić information content (AvgIpc) is 3.44. The maximum Gasteiger partial charge on any atom is 0.261 e. The summed E-state index contributed by atoms with van der Waals surface area (Å²) in [6, 6.07) is 15.5. The van der Waals surface area contributed by atoms with Crippen molar-refractivity contribution < 1.29 is 18.9 Å². The smallest absolute Gasteiger partial charge is 0.261 e. The van der Waals surface area contributed by atoms with Crippen LogP contribution >= 0.6 is 11.3 Å². The van der Waals surface area contributed by atoms with E-state index >= 15 is 0 Å². The van der Waals surface area contributed by atoms with Crippen LogP contribution in [0.4, 0.5) is 0 Å². The Balaban J connectivity index is 1.19. The van der Waals surface area contributed by atoms with Crippen molar-refractivity contribution >= 4 is 40.2 Å². The zero-order chi connectivity index (χ0) is 29.9. The summed E-state index contributed by atoms with van der Waals surface area (Å²) >= 11 is 0.583. The summed E-state index contributed by atoms with van der Waals surface area (Å²) in [5.41, 5.74) is 4.87. The minimum Gasteiger partial charge on any atom is -0.611 e. The summed E-state index contributed by atoms with van der Waals surface area (Å²) in [6.45, 7) is 9.03. The van der Waals surface area contributed by atoms with Crippen molar-refractivity contribution in [2.24, 2.45) is 0 Å². The van der Waals surface area contributed by atoms with Gasteiger partial charge in [0.1, 0.15) is 17.2 Å². The van der Waals surface area contributed by atoms with E-state index in [-0.39, 0.29) is 23.3 Å². The number of thiophene rings is 1. The standard InChI is InChI=1S/C32H38N4O4S2/c1-4-42(39)27-9-5-23(6-10-27)19-34-31(38)28-18-24-11-16-40-32(29(24)41-28)12-14-36(15-13-32)20-26-8-7-25(17-21(26)2)30(33)35-22(3)37/h5-10,17-18H,4,11-16,19-20H2,1-3H3,(H,34,38)(H2,33,35,37). The van der Waals surface area contributed by atoms with Crippen LogP contribution in [0.2, 0.25) is 0 Å². The Morgan fingerprint density at radius 3 is 2.55 bits per heavy atom. The highest BCUT2D eigenvalue weighted by molar-refractivity contribution is 7.91. The fraction of sp³-hybridized carbons (Fsp3) is 0.406. The van der Waals surface area contributed by atoms with Gasteiger partial charge in [-0.1, -0.05) is 24.3 Å². The molecule has 0 radical (unpaired) electrons. The van der Waals surface area contributed by atoms with Crippen LogP contribution in [0.25, 0.3) is 0 Å². The lowest BCUT2D eigenvalue weighted by atomic mass is 9.85. The molecule has 3 N–H and O–H groups in total. The van der Waals surface area contributed by atoms with E-state index in [1.807, 2.05) is 62.4 Å². The van der Waals surface area contributed by atoms with Crippen LogP contribution in [0.5, 0.6) is 0 Å². The second-order valence-corrected chi connectivity index (χ2v) is 13.8. The van der Waals surface area contributed by atoms with E-state index in [4.69, 9.17) is 10.1 Å². The molecule has 222 valence electrons. The molecule has 0 aliphatic carbocycles.